The Kier molecular flexibility index (Phi) is 8.71. The molecule has 1 aliphatic carbocycles. The third kappa shape index (κ3) is 7.64. The molecule has 0 fully saturated rings. The van der Waals surface area contributed by atoms with E-state index in [0.717, 1.165) is 24.8 Å². The van der Waals surface area contributed by atoms with Gasteiger partial charge in [0.2, 0.25) is 0 Å². The topological polar surface area (TPSA) is 67.8 Å². The van der Waals surface area contributed by atoms with Crippen molar-refractivity contribution in [3.05, 3.63) is 65.2 Å². The summed E-state index contributed by atoms with van der Waals surface area (Å²) in [5.74, 6) is 1.15. The van der Waals surface area contributed by atoms with Crippen molar-refractivity contribution in [2.45, 2.75) is 64.5 Å². The maximum absolute atomic E-state index is 11.5. The molecule has 0 radical (unpaired) electrons. The first-order chi connectivity index (χ1) is 15.3. The second kappa shape index (κ2) is 11.5. The van der Waals surface area contributed by atoms with E-state index in [1.54, 1.807) is 0 Å². The molecule has 0 heterocycles. The molecule has 0 aliphatic heterocycles. The van der Waals surface area contributed by atoms with E-state index in [4.69, 9.17) is 9.47 Å². The summed E-state index contributed by atoms with van der Waals surface area (Å²) in [6.07, 6.45) is 3.71. The van der Waals surface area contributed by atoms with Gasteiger partial charge in [0.25, 0.3) is 0 Å². The number of carbonyl (C=O) groups is 1. The zero-order valence-corrected chi connectivity index (χ0v) is 19.6. The molecule has 32 heavy (non-hydrogen) atoms. The lowest BCUT2D eigenvalue weighted by atomic mass is 9.88. The molecule has 0 bridgehead atoms. The molecule has 174 valence electrons. The van der Waals surface area contributed by atoms with Crippen LogP contribution < -0.4 is 10.1 Å². The molecular weight excluding hydrogens is 402 g/mol. The fourth-order valence-electron chi connectivity index (χ4n) is 4.50. The third-order valence-corrected chi connectivity index (χ3v) is 6.01. The number of hydrogen-bond acceptors (Lipinski definition) is 5. The Morgan fingerprint density at radius 1 is 1.16 bits per heavy atom. The summed E-state index contributed by atoms with van der Waals surface area (Å²) in [6, 6.07) is 16.4. The monoisotopic (exact) mass is 439 g/mol. The second-order valence-electron chi connectivity index (χ2n) is 9.43. The van der Waals surface area contributed by atoms with E-state index in [9.17, 15) is 9.90 Å². The number of carbonyl (C=O) groups excluding carboxylic acids is 1. The van der Waals surface area contributed by atoms with Crippen LogP contribution in [0, 0.1) is 5.92 Å². The first kappa shape index (κ1) is 24.3. The molecule has 5 heteroatoms. The molecule has 0 saturated heterocycles. The first-order valence-electron chi connectivity index (χ1n) is 11.7. The summed E-state index contributed by atoms with van der Waals surface area (Å²) in [5.41, 5.74) is 3.92. The Hall–Kier alpha value is -2.37. The highest BCUT2D eigenvalue weighted by Crippen LogP contribution is 2.31. The standard InChI is InChI=1S/C27H37NO4/c1-4-31-26(30)13-12-20-8-7-11-25(16-20)32-19-24(29)18-28-27(2,3)17-21-14-22-9-5-6-10-23(22)15-21/h5-11,16,21,24,28-29H,4,12-15,17-19H2,1-3H3/t24-/m1/s1. The Bertz CT molecular complexity index is 854. The molecule has 1 atom stereocenters. The van der Waals surface area contributed by atoms with Crippen molar-refractivity contribution in [2.75, 3.05) is 19.8 Å². The minimum absolute atomic E-state index is 0.0549. The van der Waals surface area contributed by atoms with Crippen LogP contribution >= 0.6 is 0 Å². The van der Waals surface area contributed by atoms with E-state index >= 15 is 0 Å². The summed E-state index contributed by atoms with van der Waals surface area (Å²) < 4.78 is 10.8. The van der Waals surface area contributed by atoms with Gasteiger partial charge in [-0.15, -0.1) is 0 Å². The number of benzene rings is 2. The van der Waals surface area contributed by atoms with Gasteiger partial charge < -0.3 is 19.9 Å². The summed E-state index contributed by atoms with van der Waals surface area (Å²) in [5, 5.41) is 14.0. The third-order valence-electron chi connectivity index (χ3n) is 6.01. The molecule has 0 spiro atoms. The number of rotatable bonds is 12. The fraction of sp³-hybridized carbons (Fsp3) is 0.519. The van der Waals surface area contributed by atoms with Gasteiger partial charge in [0.05, 0.1) is 6.61 Å². The van der Waals surface area contributed by atoms with Gasteiger partial charge in [-0.05, 0) is 81.2 Å². The lowest BCUT2D eigenvalue weighted by Gasteiger charge is -2.30. The number of esters is 1. The Morgan fingerprint density at radius 3 is 2.56 bits per heavy atom. The molecule has 3 rings (SSSR count). The van der Waals surface area contributed by atoms with Gasteiger partial charge in [-0.1, -0.05) is 36.4 Å². The van der Waals surface area contributed by atoms with Crippen molar-refractivity contribution in [1.82, 2.24) is 5.32 Å². The highest BCUT2D eigenvalue weighted by molar-refractivity contribution is 5.69. The number of hydrogen-bond donors (Lipinski definition) is 2. The Balaban J connectivity index is 1.39. The van der Waals surface area contributed by atoms with Crippen LogP contribution in [-0.2, 0) is 28.8 Å². The molecule has 0 unspecified atom stereocenters. The fourth-order valence-corrected chi connectivity index (χ4v) is 4.50. The average Bonchev–Trinajstić information content (AvgIpc) is 3.17. The van der Waals surface area contributed by atoms with Crippen LogP contribution in [0.5, 0.6) is 5.75 Å². The van der Waals surface area contributed by atoms with Gasteiger partial charge in [0, 0.05) is 18.5 Å². The number of β-amino-alcohol motifs (C(OH)–C–C–N with tert-alkyl or cyclic N) is 1. The molecular formula is C27H37NO4. The largest absolute Gasteiger partial charge is 0.491 e. The van der Waals surface area contributed by atoms with Crippen LogP contribution in [0.1, 0.15) is 50.3 Å². The normalized spacial score (nSPS) is 14.8. The van der Waals surface area contributed by atoms with Crippen LogP contribution in [0.25, 0.3) is 0 Å². The zero-order chi connectivity index (χ0) is 23.0. The van der Waals surface area contributed by atoms with Crippen molar-refractivity contribution in [3.63, 3.8) is 0 Å². The van der Waals surface area contributed by atoms with Gasteiger partial charge in [-0.2, -0.15) is 0 Å². The maximum atomic E-state index is 11.5. The van der Waals surface area contributed by atoms with Crippen molar-refractivity contribution in [3.8, 4) is 5.75 Å². The number of nitrogens with one attached hydrogen (secondary N) is 1. The highest BCUT2D eigenvalue weighted by Gasteiger charge is 2.28. The van der Waals surface area contributed by atoms with Crippen LogP contribution in [0.15, 0.2) is 48.5 Å². The molecule has 0 aromatic heterocycles. The quantitative estimate of drug-likeness (QED) is 0.488. The molecule has 2 N–H and O–H groups in total. The van der Waals surface area contributed by atoms with Gasteiger partial charge in [0.15, 0.2) is 0 Å². The van der Waals surface area contributed by atoms with E-state index in [1.165, 1.54) is 11.1 Å². The van der Waals surface area contributed by atoms with Crippen molar-refractivity contribution < 1.29 is 19.4 Å². The van der Waals surface area contributed by atoms with E-state index in [2.05, 4.69) is 43.4 Å². The molecule has 5 nitrogen and oxygen atoms in total. The molecule has 2 aromatic carbocycles. The number of aliphatic hydroxyl groups excluding tert-OH is 1. The lowest BCUT2D eigenvalue weighted by Crippen LogP contribution is -2.46. The molecule has 2 aromatic rings. The van der Waals surface area contributed by atoms with Crippen LogP contribution in [0.2, 0.25) is 0 Å². The lowest BCUT2D eigenvalue weighted by molar-refractivity contribution is -0.143. The first-order valence-corrected chi connectivity index (χ1v) is 11.7. The predicted molar refractivity (Wildman–Crippen MR) is 127 cm³/mol. The number of aryl methyl sites for hydroxylation is 1. The summed E-state index contributed by atoms with van der Waals surface area (Å²) in [4.78, 5) is 11.5. The maximum Gasteiger partial charge on any atom is 0.306 e. The summed E-state index contributed by atoms with van der Waals surface area (Å²) in [7, 11) is 0. The van der Waals surface area contributed by atoms with Crippen LogP contribution in [0.3, 0.4) is 0 Å². The van der Waals surface area contributed by atoms with Crippen molar-refractivity contribution in [1.29, 1.82) is 0 Å². The molecule has 0 amide bonds. The van der Waals surface area contributed by atoms with E-state index in [0.29, 0.717) is 37.7 Å². The van der Waals surface area contributed by atoms with Crippen LogP contribution in [-0.4, -0.2) is 42.5 Å². The smallest absolute Gasteiger partial charge is 0.306 e. The van der Waals surface area contributed by atoms with Crippen molar-refractivity contribution >= 4 is 5.97 Å². The van der Waals surface area contributed by atoms with E-state index in [1.807, 2.05) is 31.2 Å². The Labute approximate surface area is 192 Å². The summed E-state index contributed by atoms with van der Waals surface area (Å²) in [6.45, 7) is 7.32. The van der Waals surface area contributed by atoms with Gasteiger partial charge in [-0.3, -0.25) is 4.79 Å². The van der Waals surface area contributed by atoms with Gasteiger partial charge >= 0.3 is 5.97 Å². The summed E-state index contributed by atoms with van der Waals surface area (Å²) >= 11 is 0. The SMILES string of the molecule is CCOC(=O)CCc1cccc(OC[C@H](O)CNC(C)(C)CC2Cc3ccccc3C2)c1. The number of ether oxygens (including phenoxy) is 2. The van der Waals surface area contributed by atoms with E-state index in [-0.39, 0.29) is 18.1 Å². The van der Waals surface area contributed by atoms with Gasteiger partial charge in [0.1, 0.15) is 18.5 Å². The van der Waals surface area contributed by atoms with Gasteiger partial charge in [-0.25, -0.2) is 0 Å². The number of aliphatic hydroxyl groups is 1. The number of fused-ring (bicyclic) bond motifs is 1. The second-order valence-corrected chi connectivity index (χ2v) is 9.43. The van der Waals surface area contributed by atoms with Crippen molar-refractivity contribution in [2.24, 2.45) is 5.92 Å². The Morgan fingerprint density at radius 2 is 1.88 bits per heavy atom. The molecule has 0 saturated carbocycles. The highest BCUT2D eigenvalue weighted by atomic mass is 16.5. The predicted octanol–water partition coefficient (Wildman–Crippen LogP) is 4.10. The minimum atomic E-state index is -0.599. The minimum Gasteiger partial charge on any atom is -0.491 e. The zero-order valence-electron chi connectivity index (χ0n) is 19.6. The van der Waals surface area contributed by atoms with E-state index < -0.39 is 6.10 Å². The average molecular weight is 440 g/mol. The molecule has 1 aliphatic rings. The van der Waals surface area contributed by atoms with Crippen LogP contribution in [0.4, 0.5) is 0 Å².